The van der Waals surface area contributed by atoms with E-state index in [4.69, 9.17) is 5.11 Å². The van der Waals surface area contributed by atoms with Crippen molar-refractivity contribution in [3.05, 3.63) is 72.3 Å². The van der Waals surface area contributed by atoms with E-state index < -0.39 is 0 Å². The van der Waals surface area contributed by atoms with E-state index >= 15 is 0 Å². The molecular formula is C28H33N7O2S. The van der Waals surface area contributed by atoms with Gasteiger partial charge in [0.05, 0.1) is 22.7 Å². The minimum absolute atomic E-state index is 0.121. The van der Waals surface area contributed by atoms with Crippen LogP contribution in [0.1, 0.15) is 42.6 Å². The van der Waals surface area contributed by atoms with Crippen molar-refractivity contribution in [3.63, 3.8) is 0 Å². The minimum Gasteiger partial charge on any atom is -0.396 e. The molecule has 10 heteroatoms. The summed E-state index contributed by atoms with van der Waals surface area (Å²) in [6.07, 6.45) is 6.57. The fourth-order valence-corrected chi connectivity index (χ4v) is 5.20. The van der Waals surface area contributed by atoms with E-state index in [1.54, 1.807) is 43.6 Å². The van der Waals surface area contributed by atoms with E-state index in [0.717, 1.165) is 45.8 Å². The lowest BCUT2D eigenvalue weighted by Crippen LogP contribution is -2.21. The van der Waals surface area contributed by atoms with E-state index in [-0.39, 0.29) is 17.3 Å². The van der Waals surface area contributed by atoms with Gasteiger partial charge in [-0.15, -0.1) is 11.8 Å². The van der Waals surface area contributed by atoms with Gasteiger partial charge in [0.25, 0.3) is 5.91 Å². The van der Waals surface area contributed by atoms with E-state index in [2.05, 4.69) is 55.8 Å². The van der Waals surface area contributed by atoms with Crippen molar-refractivity contribution in [3.8, 4) is 11.3 Å². The molecule has 3 heterocycles. The molecule has 0 saturated carbocycles. The zero-order chi connectivity index (χ0) is 27.0. The largest absolute Gasteiger partial charge is 0.396 e. The smallest absolute Gasteiger partial charge is 0.251 e. The quantitative estimate of drug-likeness (QED) is 0.152. The van der Waals surface area contributed by atoms with Crippen LogP contribution in [0.2, 0.25) is 0 Å². The standard InChI is InChI=1S/C28H33N7O2S/c1-4-28(2,22-8-5-7-20-21(27(37)29-3)11-13-31-26(20)22)38-18-35-25-15-23(33-17-34-25)19-9-10-24(32-16-19)30-12-6-14-36/h5,7-11,13,15-17,36H,4,6,12,14,18H2,1-3H3,(H,29,37)(H,30,32)(H,33,34,35)/t28-/m0/s1. The predicted molar refractivity (Wildman–Crippen MR) is 154 cm³/mol. The van der Waals surface area contributed by atoms with Crippen molar-refractivity contribution in [1.29, 1.82) is 0 Å². The molecule has 0 bridgehead atoms. The number of anilines is 2. The lowest BCUT2D eigenvalue weighted by atomic mass is 9.93. The van der Waals surface area contributed by atoms with Crippen LogP contribution >= 0.6 is 11.8 Å². The Labute approximate surface area is 226 Å². The maximum atomic E-state index is 12.4. The number of thioether (sulfide) groups is 1. The Balaban J connectivity index is 1.47. The lowest BCUT2D eigenvalue weighted by Gasteiger charge is -2.29. The normalized spacial score (nSPS) is 12.6. The van der Waals surface area contributed by atoms with Gasteiger partial charge in [-0.2, -0.15) is 0 Å². The zero-order valence-corrected chi connectivity index (χ0v) is 22.7. The molecular weight excluding hydrogens is 498 g/mol. The highest BCUT2D eigenvalue weighted by atomic mass is 32.2. The van der Waals surface area contributed by atoms with Crippen LogP contribution in [0.15, 0.2) is 61.2 Å². The number of carbonyl (C=O) groups is 1. The first-order chi connectivity index (χ1) is 18.5. The Bertz CT molecular complexity index is 1380. The summed E-state index contributed by atoms with van der Waals surface area (Å²) in [6, 6.07) is 13.6. The van der Waals surface area contributed by atoms with Crippen molar-refractivity contribution in [2.45, 2.75) is 31.4 Å². The summed E-state index contributed by atoms with van der Waals surface area (Å²) in [5.41, 5.74) is 4.23. The highest BCUT2D eigenvalue weighted by Gasteiger charge is 2.28. The molecule has 38 heavy (non-hydrogen) atoms. The van der Waals surface area contributed by atoms with Gasteiger partial charge in [-0.25, -0.2) is 15.0 Å². The number of benzene rings is 1. The van der Waals surface area contributed by atoms with E-state index in [0.29, 0.717) is 24.4 Å². The summed E-state index contributed by atoms with van der Waals surface area (Å²) in [7, 11) is 1.64. The summed E-state index contributed by atoms with van der Waals surface area (Å²) in [5.74, 6) is 1.99. The zero-order valence-electron chi connectivity index (χ0n) is 21.9. The molecule has 198 valence electrons. The Morgan fingerprint density at radius 2 is 1.92 bits per heavy atom. The average molecular weight is 532 g/mol. The van der Waals surface area contributed by atoms with Crippen LogP contribution in [0.3, 0.4) is 0 Å². The number of para-hydroxylation sites is 1. The Morgan fingerprint density at radius 3 is 2.66 bits per heavy atom. The highest BCUT2D eigenvalue weighted by Crippen LogP contribution is 2.42. The number of aromatic nitrogens is 4. The molecule has 4 rings (SSSR count). The first-order valence-electron chi connectivity index (χ1n) is 12.6. The number of carbonyl (C=O) groups excluding carboxylic acids is 1. The summed E-state index contributed by atoms with van der Waals surface area (Å²) < 4.78 is -0.237. The Kier molecular flexibility index (Phi) is 9.09. The summed E-state index contributed by atoms with van der Waals surface area (Å²) in [4.78, 5) is 30.3. The first-order valence-corrected chi connectivity index (χ1v) is 13.6. The number of aliphatic hydroxyl groups is 1. The van der Waals surface area contributed by atoms with Gasteiger partial charge in [0.1, 0.15) is 18.0 Å². The van der Waals surface area contributed by atoms with Crippen LogP contribution in [0.25, 0.3) is 22.2 Å². The van der Waals surface area contributed by atoms with Gasteiger partial charge in [-0.3, -0.25) is 9.78 Å². The van der Waals surface area contributed by atoms with E-state index in [9.17, 15) is 4.79 Å². The predicted octanol–water partition coefficient (Wildman–Crippen LogP) is 4.67. The van der Waals surface area contributed by atoms with Crippen molar-refractivity contribution >= 4 is 40.2 Å². The number of rotatable bonds is 12. The van der Waals surface area contributed by atoms with E-state index in [1.165, 1.54) is 0 Å². The molecule has 1 atom stereocenters. The molecule has 9 nitrogen and oxygen atoms in total. The second-order valence-electron chi connectivity index (χ2n) is 8.91. The molecule has 0 aliphatic carbocycles. The highest BCUT2D eigenvalue weighted by molar-refractivity contribution is 8.00. The molecule has 0 saturated heterocycles. The van der Waals surface area contributed by atoms with Crippen molar-refractivity contribution in [2.24, 2.45) is 0 Å². The molecule has 1 aromatic carbocycles. The Hall–Kier alpha value is -3.76. The van der Waals surface area contributed by atoms with Crippen LogP contribution in [-0.4, -0.2) is 57.0 Å². The number of hydrogen-bond acceptors (Lipinski definition) is 9. The van der Waals surface area contributed by atoms with Crippen LogP contribution < -0.4 is 16.0 Å². The van der Waals surface area contributed by atoms with Crippen molar-refractivity contribution < 1.29 is 9.90 Å². The fraction of sp³-hybridized carbons (Fsp3) is 0.321. The Morgan fingerprint density at radius 1 is 1.05 bits per heavy atom. The van der Waals surface area contributed by atoms with E-state index in [1.807, 2.05) is 30.3 Å². The van der Waals surface area contributed by atoms with Gasteiger partial charge in [0.2, 0.25) is 0 Å². The monoisotopic (exact) mass is 531 g/mol. The number of pyridine rings is 2. The van der Waals surface area contributed by atoms with Gasteiger partial charge in [-0.1, -0.05) is 25.1 Å². The number of aliphatic hydroxyl groups excluding tert-OH is 1. The average Bonchev–Trinajstić information content (AvgIpc) is 2.96. The second-order valence-corrected chi connectivity index (χ2v) is 10.4. The van der Waals surface area contributed by atoms with Crippen molar-refractivity contribution in [2.75, 3.05) is 36.7 Å². The molecule has 4 N–H and O–H groups in total. The lowest BCUT2D eigenvalue weighted by molar-refractivity contribution is 0.0964. The van der Waals surface area contributed by atoms with Crippen LogP contribution in [-0.2, 0) is 4.75 Å². The van der Waals surface area contributed by atoms with Gasteiger partial charge in [0.15, 0.2) is 0 Å². The maximum Gasteiger partial charge on any atom is 0.251 e. The van der Waals surface area contributed by atoms with Gasteiger partial charge < -0.3 is 21.1 Å². The van der Waals surface area contributed by atoms with Crippen LogP contribution in [0, 0.1) is 0 Å². The molecule has 3 aromatic heterocycles. The number of amides is 1. The molecule has 1 amide bonds. The third kappa shape index (κ3) is 6.20. The molecule has 0 unspecified atom stereocenters. The minimum atomic E-state index is -0.237. The van der Waals surface area contributed by atoms with Gasteiger partial charge >= 0.3 is 0 Å². The maximum absolute atomic E-state index is 12.4. The SMILES string of the molecule is CC[C@](C)(SCNc1cc(-c2ccc(NCCCO)nc2)ncn1)c1cccc2c(C(=O)NC)ccnc12. The second kappa shape index (κ2) is 12.7. The van der Waals surface area contributed by atoms with Crippen LogP contribution in [0.5, 0.6) is 0 Å². The number of fused-ring (bicyclic) bond motifs is 1. The third-order valence-corrected chi connectivity index (χ3v) is 7.93. The molecule has 0 spiro atoms. The summed E-state index contributed by atoms with van der Waals surface area (Å²) in [6.45, 7) is 5.18. The van der Waals surface area contributed by atoms with Gasteiger partial charge in [0, 0.05) is 54.4 Å². The molecule has 0 aliphatic rings. The number of nitrogens with zero attached hydrogens (tertiary/aromatic N) is 4. The number of hydrogen-bond donors (Lipinski definition) is 4. The summed E-state index contributed by atoms with van der Waals surface area (Å²) >= 11 is 1.77. The van der Waals surface area contributed by atoms with Crippen LogP contribution in [0.4, 0.5) is 11.6 Å². The molecule has 0 radical (unpaired) electrons. The van der Waals surface area contributed by atoms with Crippen molar-refractivity contribution in [1.82, 2.24) is 25.3 Å². The number of nitrogens with one attached hydrogen (secondary N) is 3. The third-order valence-electron chi connectivity index (χ3n) is 6.50. The first kappa shape index (κ1) is 27.3. The molecule has 0 fully saturated rings. The topological polar surface area (TPSA) is 125 Å². The fourth-order valence-electron chi connectivity index (χ4n) is 4.13. The molecule has 0 aliphatic heterocycles. The molecule has 4 aromatic rings. The summed E-state index contributed by atoms with van der Waals surface area (Å²) in [5, 5.41) is 19.1. The van der Waals surface area contributed by atoms with Gasteiger partial charge in [-0.05, 0) is 43.5 Å².